The van der Waals surface area contributed by atoms with Crippen molar-refractivity contribution in [3.8, 4) is 22.4 Å². The Morgan fingerprint density at radius 2 is 1.67 bits per heavy atom. The first-order valence-corrected chi connectivity index (χ1v) is 15.7. The molecule has 2 aromatic carbocycles. The van der Waals surface area contributed by atoms with Gasteiger partial charge < -0.3 is 19.6 Å². The number of hydrogen-bond donors (Lipinski definition) is 1. The molecule has 0 aliphatic carbocycles. The molecule has 3 aromatic rings. The summed E-state index contributed by atoms with van der Waals surface area (Å²) in [6.07, 6.45) is 0.384. The molecule has 228 valence electrons. The molecule has 9 nitrogen and oxygen atoms in total. The number of nitrogens with zero attached hydrogens (tertiary/aromatic N) is 4. The number of aliphatic hydroxyl groups is 1. The van der Waals surface area contributed by atoms with Gasteiger partial charge in [-0.05, 0) is 68.1 Å². The molecule has 10 heteroatoms. The third-order valence-corrected chi connectivity index (χ3v) is 9.65. The lowest BCUT2D eigenvalue weighted by molar-refractivity contribution is 0.0299. The summed E-state index contributed by atoms with van der Waals surface area (Å²) >= 11 is 0. The van der Waals surface area contributed by atoms with Crippen LogP contribution in [0.1, 0.15) is 65.2 Å². The zero-order valence-electron chi connectivity index (χ0n) is 25.5. The zero-order chi connectivity index (χ0) is 30.9. The van der Waals surface area contributed by atoms with Gasteiger partial charge in [-0.25, -0.2) is 13.5 Å². The summed E-state index contributed by atoms with van der Waals surface area (Å²) in [5.41, 5.74) is 5.94. The van der Waals surface area contributed by atoms with E-state index >= 15 is 0 Å². The largest absolute Gasteiger partial charge is 0.396 e. The first-order chi connectivity index (χ1) is 20.5. The average molecular weight is 605 g/mol. The van der Waals surface area contributed by atoms with E-state index in [2.05, 4.69) is 0 Å². The molecule has 2 amide bonds. The highest BCUT2D eigenvalue weighted by atomic mass is 32.2. The van der Waals surface area contributed by atoms with E-state index in [0.29, 0.717) is 56.2 Å². The first-order valence-electron chi connectivity index (χ1n) is 14.6. The smallest absolute Gasteiger partial charge is 0.272 e. The Hall–Kier alpha value is -3.44. The fourth-order valence-electron chi connectivity index (χ4n) is 5.66. The van der Waals surface area contributed by atoms with Crippen molar-refractivity contribution < 1.29 is 23.6 Å². The van der Waals surface area contributed by atoms with Gasteiger partial charge in [0.05, 0.1) is 29.7 Å². The quantitative estimate of drug-likeness (QED) is 0.432. The molecule has 1 aromatic heterocycles. The number of carbonyl (C=O) groups is 2. The number of aliphatic hydroxyl groups excluding tert-OH is 1. The number of hydrogen-bond acceptors (Lipinski definition) is 6. The average Bonchev–Trinajstić information content (AvgIpc) is 3.37. The van der Waals surface area contributed by atoms with Crippen LogP contribution >= 0.6 is 0 Å². The van der Waals surface area contributed by atoms with Gasteiger partial charge in [0.2, 0.25) is 0 Å². The van der Waals surface area contributed by atoms with Crippen molar-refractivity contribution in [2.45, 2.75) is 44.5 Å². The van der Waals surface area contributed by atoms with Gasteiger partial charge >= 0.3 is 0 Å². The van der Waals surface area contributed by atoms with Crippen LogP contribution in [-0.4, -0.2) is 92.0 Å². The van der Waals surface area contributed by atoms with Gasteiger partial charge in [0.1, 0.15) is 16.7 Å². The van der Waals surface area contributed by atoms with E-state index in [1.54, 1.807) is 30.0 Å². The molecule has 0 saturated carbocycles. The molecule has 0 spiro atoms. The maximum Gasteiger partial charge on any atom is 0.272 e. The highest BCUT2D eigenvalue weighted by Gasteiger charge is 2.40. The monoisotopic (exact) mass is 604 g/mol. The number of rotatable bonds is 7. The number of pyridine rings is 1. The molecule has 2 aliphatic heterocycles. The van der Waals surface area contributed by atoms with Crippen molar-refractivity contribution in [3.05, 3.63) is 77.0 Å². The highest BCUT2D eigenvalue weighted by molar-refractivity contribution is 7.84. The Morgan fingerprint density at radius 1 is 1.02 bits per heavy atom. The SMILES string of the molecule is CN(C)C(=O)c1cccc(-c2cccc(-c3nc(C(=O)N4CCOCC4)cc4c3[C@@H](CCO)N([S@](=O)C(C)(C)C)C4)c2)c1. The third kappa shape index (κ3) is 6.43. The number of fused-ring (bicyclic) bond motifs is 1. The van der Waals surface area contributed by atoms with Gasteiger partial charge in [-0.15, -0.1) is 0 Å². The predicted molar refractivity (Wildman–Crippen MR) is 168 cm³/mol. The molecule has 5 rings (SSSR count). The molecular formula is C33H40N4O5S. The van der Waals surface area contributed by atoms with Crippen molar-refractivity contribution in [1.29, 1.82) is 0 Å². The van der Waals surface area contributed by atoms with E-state index in [1.807, 2.05) is 73.6 Å². The summed E-state index contributed by atoms with van der Waals surface area (Å²) in [5.74, 6) is -0.238. The molecule has 0 bridgehead atoms. The third-order valence-electron chi connectivity index (χ3n) is 7.79. The van der Waals surface area contributed by atoms with Gasteiger partial charge in [0, 0.05) is 57.0 Å². The molecule has 43 heavy (non-hydrogen) atoms. The molecule has 3 heterocycles. The minimum absolute atomic E-state index is 0.0781. The second-order valence-electron chi connectivity index (χ2n) is 12.2. The lowest BCUT2D eigenvalue weighted by Crippen LogP contribution is -2.41. The van der Waals surface area contributed by atoms with Crippen LogP contribution in [0, 0.1) is 0 Å². The Bertz CT molecular complexity index is 1540. The van der Waals surface area contributed by atoms with Crippen molar-refractivity contribution >= 4 is 22.8 Å². The number of benzene rings is 2. The Labute approximate surface area is 256 Å². The van der Waals surface area contributed by atoms with Gasteiger partial charge in [-0.3, -0.25) is 9.59 Å². The van der Waals surface area contributed by atoms with Crippen LogP contribution < -0.4 is 0 Å². The molecule has 1 saturated heterocycles. The van der Waals surface area contributed by atoms with Gasteiger partial charge in [0.25, 0.3) is 11.8 Å². The maximum atomic E-state index is 13.7. The van der Waals surface area contributed by atoms with E-state index in [4.69, 9.17) is 9.72 Å². The molecule has 2 aliphatic rings. The van der Waals surface area contributed by atoms with Crippen LogP contribution in [-0.2, 0) is 22.3 Å². The highest BCUT2D eigenvalue weighted by Crippen LogP contribution is 2.44. The topological polar surface area (TPSA) is 103 Å². The minimum atomic E-state index is -1.36. The zero-order valence-corrected chi connectivity index (χ0v) is 26.3. The Kier molecular flexibility index (Phi) is 9.12. The number of aromatic nitrogens is 1. The number of carbonyl (C=O) groups excluding carboxylic acids is 2. The molecule has 1 fully saturated rings. The summed E-state index contributed by atoms with van der Waals surface area (Å²) in [6, 6.07) is 16.9. The van der Waals surface area contributed by atoms with Gasteiger partial charge in [-0.2, -0.15) is 0 Å². The van der Waals surface area contributed by atoms with E-state index in [9.17, 15) is 18.9 Å². The van der Waals surface area contributed by atoms with Crippen molar-refractivity contribution in [2.75, 3.05) is 47.0 Å². The number of amides is 2. The fourth-order valence-corrected chi connectivity index (χ4v) is 7.07. The molecular weight excluding hydrogens is 564 g/mol. The summed E-state index contributed by atoms with van der Waals surface area (Å²) in [5, 5.41) is 10.1. The normalized spacial score (nSPS) is 17.9. The lowest BCUT2D eigenvalue weighted by Gasteiger charge is -2.30. The van der Waals surface area contributed by atoms with E-state index in [1.165, 1.54) is 0 Å². The van der Waals surface area contributed by atoms with Crippen LogP contribution in [0.2, 0.25) is 0 Å². The second kappa shape index (κ2) is 12.7. The van der Waals surface area contributed by atoms with Crippen molar-refractivity contribution in [1.82, 2.24) is 19.1 Å². The summed E-state index contributed by atoms with van der Waals surface area (Å²) in [7, 11) is 2.10. The summed E-state index contributed by atoms with van der Waals surface area (Å²) in [6.45, 7) is 8.08. The van der Waals surface area contributed by atoms with Gasteiger partial charge in [-0.1, -0.05) is 30.3 Å². The van der Waals surface area contributed by atoms with Crippen LogP contribution in [0.25, 0.3) is 22.4 Å². The molecule has 1 N–H and O–H groups in total. The maximum absolute atomic E-state index is 13.7. The molecule has 0 radical (unpaired) electrons. The van der Waals surface area contributed by atoms with E-state index in [0.717, 1.165) is 27.8 Å². The first kappa shape index (κ1) is 31.0. The van der Waals surface area contributed by atoms with Crippen LogP contribution in [0.3, 0.4) is 0 Å². The van der Waals surface area contributed by atoms with Crippen LogP contribution in [0.15, 0.2) is 54.6 Å². The van der Waals surface area contributed by atoms with Crippen molar-refractivity contribution in [2.24, 2.45) is 0 Å². The van der Waals surface area contributed by atoms with Crippen LogP contribution in [0.5, 0.6) is 0 Å². The van der Waals surface area contributed by atoms with Crippen molar-refractivity contribution in [3.63, 3.8) is 0 Å². The Morgan fingerprint density at radius 3 is 2.33 bits per heavy atom. The number of morpholine rings is 1. The van der Waals surface area contributed by atoms with Gasteiger partial charge in [0.15, 0.2) is 0 Å². The predicted octanol–water partition coefficient (Wildman–Crippen LogP) is 4.29. The molecule has 0 unspecified atom stereocenters. The second-order valence-corrected chi connectivity index (χ2v) is 14.4. The standard InChI is InChI=1S/C33H40N4O5S/c1-33(2,3)43(41)37-21-26-20-27(32(40)36-13-16-42-17-14-36)34-30(29(26)28(37)12-15-38)24-10-6-8-22(18-24)23-9-7-11-25(19-23)31(39)35(4)5/h6-11,18-20,28,38H,12-17,21H2,1-5H3/t28-,43-/m1/s1. The number of ether oxygens (including phenoxy) is 1. The minimum Gasteiger partial charge on any atom is -0.396 e. The summed E-state index contributed by atoms with van der Waals surface area (Å²) < 4.78 is 20.6. The fraction of sp³-hybridized carbons (Fsp3) is 0.424. The molecule has 2 atom stereocenters. The summed E-state index contributed by atoms with van der Waals surface area (Å²) in [4.78, 5) is 34.6. The van der Waals surface area contributed by atoms with Crippen LogP contribution in [0.4, 0.5) is 0 Å². The Balaban J connectivity index is 1.64. The van der Waals surface area contributed by atoms with E-state index < -0.39 is 15.7 Å². The lowest BCUT2D eigenvalue weighted by atomic mass is 9.93. The van der Waals surface area contributed by atoms with E-state index in [-0.39, 0.29) is 24.5 Å².